The van der Waals surface area contributed by atoms with Gasteiger partial charge in [0.05, 0.1) is 12.2 Å². The maximum Gasteiger partial charge on any atom is 0.0875 e. The fourth-order valence-electron chi connectivity index (χ4n) is 1.60. The van der Waals surface area contributed by atoms with Crippen molar-refractivity contribution >= 4 is 0 Å². The molecule has 0 spiro atoms. The zero-order valence-corrected chi connectivity index (χ0v) is 11.2. The summed E-state index contributed by atoms with van der Waals surface area (Å²) in [6, 6.07) is 8.74. The predicted molar refractivity (Wildman–Crippen MR) is 69.6 cm³/mol. The Kier molecular flexibility index (Phi) is 4.55. The van der Waals surface area contributed by atoms with Gasteiger partial charge in [0.2, 0.25) is 0 Å². The molecular formula is C15H24O. The van der Waals surface area contributed by atoms with Crippen molar-refractivity contribution in [1.29, 1.82) is 0 Å². The van der Waals surface area contributed by atoms with Crippen molar-refractivity contribution in [2.45, 2.75) is 46.6 Å². The van der Waals surface area contributed by atoms with Gasteiger partial charge in [-0.3, -0.25) is 0 Å². The Bertz CT molecular complexity index is 309. The standard InChI is InChI=1S/C15H24O/c1-6-13-7-9-14(10-8-13)15(4,5)16-11-12(2)3/h7-10,12H,6,11H2,1-5H3. The Morgan fingerprint density at radius 3 is 2.12 bits per heavy atom. The van der Waals surface area contributed by atoms with E-state index in [2.05, 4.69) is 58.9 Å². The summed E-state index contributed by atoms with van der Waals surface area (Å²) in [6.45, 7) is 11.6. The summed E-state index contributed by atoms with van der Waals surface area (Å²) in [6.07, 6.45) is 1.09. The van der Waals surface area contributed by atoms with Crippen molar-refractivity contribution in [3.63, 3.8) is 0 Å². The Labute approximate surface area is 99.8 Å². The molecule has 0 saturated heterocycles. The molecule has 0 aromatic heterocycles. The molecule has 1 aromatic rings. The topological polar surface area (TPSA) is 9.23 Å². The highest BCUT2D eigenvalue weighted by Gasteiger charge is 2.21. The molecule has 0 heterocycles. The lowest BCUT2D eigenvalue weighted by Crippen LogP contribution is -2.23. The third-order valence-corrected chi connectivity index (χ3v) is 2.83. The normalized spacial score (nSPS) is 12.1. The molecule has 1 aromatic carbocycles. The fraction of sp³-hybridized carbons (Fsp3) is 0.600. The van der Waals surface area contributed by atoms with E-state index in [0.717, 1.165) is 13.0 Å². The van der Waals surface area contributed by atoms with Crippen LogP contribution in [0.5, 0.6) is 0 Å². The predicted octanol–water partition coefficient (Wildman–Crippen LogP) is 4.16. The van der Waals surface area contributed by atoms with Gasteiger partial charge < -0.3 is 4.74 Å². The second-order valence-corrected chi connectivity index (χ2v) is 5.27. The summed E-state index contributed by atoms with van der Waals surface area (Å²) in [7, 11) is 0. The van der Waals surface area contributed by atoms with Crippen LogP contribution < -0.4 is 0 Å². The molecule has 90 valence electrons. The lowest BCUT2D eigenvalue weighted by Gasteiger charge is -2.27. The summed E-state index contributed by atoms with van der Waals surface area (Å²) >= 11 is 0. The first-order valence-corrected chi connectivity index (χ1v) is 6.19. The number of rotatable bonds is 5. The van der Waals surface area contributed by atoms with Crippen LogP contribution in [-0.4, -0.2) is 6.61 Å². The molecule has 1 rings (SSSR count). The van der Waals surface area contributed by atoms with Gasteiger partial charge in [0.15, 0.2) is 0 Å². The molecule has 0 unspecified atom stereocenters. The van der Waals surface area contributed by atoms with E-state index >= 15 is 0 Å². The van der Waals surface area contributed by atoms with Crippen molar-refractivity contribution in [2.75, 3.05) is 6.61 Å². The van der Waals surface area contributed by atoms with Gasteiger partial charge in [0.25, 0.3) is 0 Å². The molecule has 0 fully saturated rings. The van der Waals surface area contributed by atoms with E-state index in [1.54, 1.807) is 0 Å². The minimum atomic E-state index is -0.184. The summed E-state index contributed by atoms with van der Waals surface area (Å²) in [5.74, 6) is 0.578. The van der Waals surface area contributed by atoms with Gasteiger partial charge in [-0.05, 0) is 37.3 Å². The smallest absolute Gasteiger partial charge is 0.0875 e. The molecule has 1 nitrogen and oxygen atoms in total. The van der Waals surface area contributed by atoms with Gasteiger partial charge in [-0.15, -0.1) is 0 Å². The largest absolute Gasteiger partial charge is 0.371 e. The Morgan fingerprint density at radius 1 is 1.12 bits per heavy atom. The zero-order chi connectivity index (χ0) is 12.2. The van der Waals surface area contributed by atoms with Crippen LogP contribution in [0.4, 0.5) is 0 Å². The molecule has 0 saturated carbocycles. The maximum absolute atomic E-state index is 5.95. The van der Waals surface area contributed by atoms with Crippen LogP contribution in [0, 0.1) is 5.92 Å². The van der Waals surface area contributed by atoms with Gasteiger partial charge in [0, 0.05) is 0 Å². The molecule has 16 heavy (non-hydrogen) atoms. The Morgan fingerprint density at radius 2 is 1.69 bits per heavy atom. The number of aryl methyl sites for hydroxylation is 1. The molecular weight excluding hydrogens is 196 g/mol. The molecule has 0 aliphatic heterocycles. The van der Waals surface area contributed by atoms with Gasteiger partial charge in [-0.1, -0.05) is 45.0 Å². The van der Waals surface area contributed by atoms with Crippen LogP contribution in [0.1, 0.15) is 45.7 Å². The summed E-state index contributed by atoms with van der Waals surface area (Å²) in [5, 5.41) is 0. The van der Waals surface area contributed by atoms with Crippen LogP contribution in [0.25, 0.3) is 0 Å². The second-order valence-electron chi connectivity index (χ2n) is 5.27. The van der Waals surface area contributed by atoms with E-state index in [1.807, 2.05) is 0 Å². The molecule has 1 heteroatoms. The summed E-state index contributed by atoms with van der Waals surface area (Å²) in [5.41, 5.74) is 2.45. The first kappa shape index (κ1) is 13.2. The quantitative estimate of drug-likeness (QED) is 0.724. The third kappa shape index (κ3) is 3.64. The SMILES string of the molecule is CCc1ccc(C(C)(C)OCC(C)C)cc1. The van der Waals surface area contributed by atoms with Crippen molar-refractivity contribution < 1.29 is 4.74 Å². The second kappa shape index (κ2) is 5.49. The fourth-order valence-corrected chi connectivity index (χ4v) is 1.60. The van der Waals surface area contributed by atoms with Crippen LogP contribution in [-0.2, 0) is 16.8 Å². The highest BCUT2D eigenvalue weighted by molar-refractivity contribution is 5.26. The van der Waals surface area contributed by atoms with Crippen molar-refractivity contribution in [1.82, 2.24) is 0 Å². The van der Waals surface area contributed by atoms with E-state index in [9.17, 15) is 0 Å². The van der Waals surface area contributed by atoms with Crippen LogP contribution in [0.15, 0.2) is 24.3 Å². The molecule has 0 N–H and O–H groups in total. The van der Waals surface area contributed by atoms with Crippen LogP contribution >= 0.6 is 0 Å². The number of hydrogen-bond donors (Lipinski definition) is 0. The highest BCUT2D eigenvalue weighted by Crippen LogP contribution is 2.25. The van der Waals surface area contributed by atoms with E-state index in [-0.39, 0.29) is 5.60 Å². The van der Waals surface area contributed by atoms with Crippen LogP contribution in [0.3, 0.4) is 0 Å². The lowest BCUT2D eigenvalue weighted by molar-refractivity contribution is -0.0347. The van der Waals surface area contributed by atoms with Crippen molar-refractivity contribution in [3.8, 4) is 0 Å². The van der Waals surface area contributed by atoms with E-state index in [0.29, 0.717) is 5.92 Å². The Hall–Kier alpha value is -0.820. The highest BCUT2D eigenvalue weighted by atomic mass is 16.5. The molecule has 0 amide bonds. The van der Waals surface area contributed by atoms with Gasteiger partial charge in [-0.25, -0.2) is 0 Å². The third-order valence-electron chi connectivity index (χ3n) is 2.83. The van der Waals surface area contributed by atoms with Gasteiger partial charge >= 0.3 is 0 Å². The lowest BCUT2D eigenvalue weighted by atomic mass is 9.96. The van der Waals surface area contributed by atoms with Crippen molar-refractivity contribution in [3.05, 3.63) is 35.4 Å². The van der Waals surface area contributed by atoms with Gasteiger partial charge in [-0.2, -0.15) is 0 Å². The monoisotopic (exact) mass is 220 g/mol. The van der Waals surface area contributed by atoms with Crippen molar-refractivity contribution in [2.24, 2.45) is 5.92 Å². The molecule has 0 aliphatic rings. The van der Waals surface area contributed by atoms with E-state index < -0.39 is 0 Å². The average Bonchev–Trinajstić information content (AvgIpc) is 2.27. The van der Waals surface area contributed by atoms with E-state index in [4.69, 9.17) is 4.74 Å². The maximum atomic E-state index is 5.95. The summed E-state index contributed by atoms with van der Waals surface area (Å²) < 4.78 is 5.95. The molecule has 0 aliphatic carbocycles. The van der Waals surface area contributed by atoms with E-state index in [1.165, 1.54) is 11.1 Å². The molecule has 0 bridgehead atoms. The molecule has 0 atom stereocenters. The first-order valence-electron chi connectivity index (χ1n) is 6.19. The number of ether oxygens (including phenoxy) is 1. The van der Waals surface area contributed by atoms with Gasteiger partial charge in [0.1, 0.15) is 0 Å². The average molecular weight is 220 g/mol. The first-order chi connectivity index (χ1) is 7.45. The van der Waals surface area contributed by atoms with Crippen LogP contribution in [0.2, 0.25) is 0 Å². The number of benzene rings is 1. The summed E-state index contributed by atoms with van der Waals surface area (Å²) in [4.78, 5) is 0. The number of hydrogen-bond acceptors (Lipinski definition) is 1. The molecule has 0 radical (unpaired) electrons. The minimum Gasteiger partial charge on any atom is -0.371 e. The Balaban J connectivity index is 2.72. The minimum absolute atomic E-state index is 0.184. The zero-order valence-electron chi connectivity index (χ0n) is 11.2.